The fourth-order valence-corrected chi connectivity index (χ4v) is 3.82. The molecule has 8 heteroatoms. The average molecular weight is 365 g/mol. The molecule has 0 aromatic carbocycles. The smallest absolute Gasteiger partial charge is 0.317 e. The van der Waals surface area contributed by atoms with Gasteiger partial charge in [-0.2, -0.15) is 0 Å². The van der Waals surface area contributed by atoms with Gasteiger partial charge in [0, 0.05) is 39.1 Å². The number of hydrogen-bond acceptors (Lipinski definition) is 5. The molecule has 1 spiro atoms. The minimum absolute atomic E-state index is 0.0663. The molecular formula is C18H31N5O3. The minimum Gasteiger partial charge on any atom is -0.387 e. The molecule has 146 valence electrons. The fraction of sp³-hybridized carbons (Fsp3) is 0.833. The van der Waals surface area contributed by atoms with E-state index in [1.165, 1.54) is 6.42 Å². The van der Waals surface area contributed by atoms with Crippen LogP contribution in [0.25, 0.3) is 0 Å². The van der Waals surface area contributed by atoms with E-state index in [0.717, 1.165) is 32.5 Å². The number of amides is 3. The van der Waals surface area contributed by atoms with Crippen LogP contribution in [0.2, 0.25) is 0 Å². The zero-order chi connectivity index (χ0) is 18.6. The lowest BCUT2D eigenvalue weighted by Gasteiger charge is -2.38. The van der Waals surface area contributed by atoms with E-state index in [-0.39, 0.29) is 17.5 Å². The number of likely N-dealkylation sites (tertiary alicyclic amines) is 1. The van der Waals surface area contributed by atoms with Crippen LogP contribution in [0.3, 0.4) is 0 Å². The molecule has 0 radical (unpaired) electrons. The van der Waals surface area contributed by atoms with Crippen molar-refractivity contribution in [3.8, 4) is 0 Å². The summed E-state index contributed by atoms with van der Waals surface area (Å²) >= 11 is 0. The zero-order valence-electron chi connectivity index (χ0n) is 15.9. The highest BCUT2D eigenvalue weighted by atomic mass is 16.7. The maximum absolute atomic E-state index is 12.4. The van der Waals surface area contributed by atoms with Gasteiger partial charge in [-0.15, -0.1) is 0 Å². The fourth-order valence-electron chi connectivity index (χ4n) is 3.82. The lowest BCUT2D eigenvalue weighted by Crippen LogP contribution is -2.49. The lowest BCUT2D eigenvalue weighted by molar-refractivity contribution is -0.114. The van der Waals surface area contributed by atoms with Crippen molar-refractivity contribution in [3.63, 3.8) is 0 Å². The first-order valence-corrected chi connectivity index (χ1v) is 9.76. The van der Waals surface area contributed by atoms with Crippen molar-refractivity contribution >= 4 is 17.6 Å². The second kappa shape index (κ2) is 8.24. The van der Waals surface area contributed by atoms with Crippen molar-refractivity contribution in [2.24, 2.45) is 11.1 Å². The quantitative estimate of drug-likeness (QED) is 0.698. The van der Waals surface area contributed by atoms with Gasteiger partial charge in [-0.3, -0.25) is 9.69 Å². The molecule has 2 N–H and O–H groups in total. The average Bonchev–Trinajstić information content (AvgIpc) is 3.20. The summed E-state index contributed by atoms with van der Waals surface area (Å²) in [6.07, 6.45) is 3.77. The van der Waals surface area contributed by atoms with Crippen molar-refractivity contribution in [1.82, 2.24) is 20.4 Å². The molecular weight excluding hydrogens is 334 g/mol. The molecule has 0 unspecified atom stereocenters. The van der Waals surface area contributed by atoms with Crippen LogP contribution in [-0.2, 0) is 9.63 Å². The summed E-state index contributed by atoms with van der Waals surface area (Å²) in [5.41, 5.74) is 0.137. The Morgan fingerprint density at radius 2 is 2.23 bits per heavy atom. The van der Waals surface area contributed by atoms with Gasteiger partial charge in [-0.25, -0.2) is 4.79 Å². The van der Waals surface area contributed by atoms with Crippen LogP contribution < -0.4 is 10.6 Å². The van der Waals surface area contributed by atoms with E-state index in [0.29, 0.717) is 44.2 Å². The van der Waals surface area contributed by atoms with Gasteiger partial charge in [0.15, 0.2) is 5.60 Å². The molecule has 8 nitrogen and oxygen atoms in total. The van der Waals surface area contributed by atoms with Gasteiger partial charge in [0.1, 0.15) is 5.71 Å². The Morgan fingerprint density at radius 1 is 1.38 bits per heavy atom. The molecule has 2 saturated heterocycles. The molecule has 3 heterocycles. The first-order chi connectivity index (χ1) is 12.5. The summed E-state index contributed by atoms with van der Waals surface area (Å²) in [7, 11) is 0. The molecule has 0 aromatic heterocycles. The minimum atomic E-state index is -0.337. The largest absolute Gasteiger partial charge is 0.387 e. The predicted octanol–water partition coefficient (Wildman–Crippen LogP) is 0.785. The molecule has 3 aliphatic heterocycles. The molecule has 3 rings (SSSR count). The number of rotatable bonds is 7. The maximum atomic E-state index is 12.4. The standard InChI is InChI=1S/C18H31N5O3/c1-14(2)4-9-22-8-3-5-18(13-22)12-15(21-26-18)16(24)19-6-10-23-11-7-20-17(23)25/h14H,3-13H2,1-2H3,(H,19,24)(H,20,25)/t18-/m0/s1. The van der Waals surface area contributed by atoms with Crippen molar-refractivity contribution < 1.29 is 14.4 Å². The summed E-state index contributed by atoms with van der Waals surface area (Å²) in [5, 5.41) is 9.70. The van der Waals surface area contributed by atoms with Crippen molar-refractivity contribution in [2.75, 3.05) is 45.8 Å². The zero-order valence-corrected chi connectivity index (χ0v) is 15.9. The number of carbonyl (C=O) groups excluding carboxylic acids is 2. The summed E-state index contributed by atoms with van der Waals surface area (Å²) in [4.78, 5) is 33.8. The van der Waals surface area contributed by atoms with E-state index in [4.69, 9.17) is 4.84 Å². The first kappa shape index (κ1) is 18.9. The highest BCUT2D eigenvalue weighted by Gasteiger charge is 2.44. The molecule has 1 atom stereocenters. The Balaban J connectivity index is 1.43. The number of oxime groups is 1. The third-order valence-corrected chi connectivity index (χ3v) is 5.35. The van der Waals surface area contributed by atoms with Crippen LogP contribution in [0.15, 0.2) is 5.16 Å². The highest BCUT2D eigenvalue weighted by molar-refractivity contribution is 6.39. The molecule has 0 bridgehead atoms. The molecule has 3 amide bonds. The van der Waals surface area contributed by atoms with Gasteiger partial charge in [0.2, 0.25) is 0 Å². The molecule has 0 aliphatic carbocycles. The van der Waals surface area contributed by atoms with Crippen molar-refractivity contribution in [1.29, 1.82) is 0 Å². The number of nitrogens with zero attached hydrogens (tertiary/aromatic N) is 3. The molecule has 0 aromatic rings. The van der Waals surface area contributed by atoms with E-state index >= 15 is 0 Å². The Morgan fingerprint density at radius 3 is 2.96 bits per heavy atom. The molecule has 0 saturated carbocycles. The lowest BCUT2D eigenvalue weighted by atomic mass is 9.87. The third kappa shape index (κ3) is 4.66. The molecule has 26 heavy (non-hydrogen) atoms. The number of hydrogen-bond donors (Lipinski definition) is 2. The monoisotopic (exact) mass is 365 g/mol. The Bertz CT molecular complexity index is 565. The first-order valence-electron chi connectivity index (χ1n) is 9.76. The Kier molecular flexibility index (Phi) is 6.01. The van der Waals surface area contributed by atoms with Crippen LogP contribution in [0.1, 0.15) is 39.5 Å². The van der Waals surface area contributed by atoms with Gasteiger partial charge >= 0.3 is 6.03 Å². The topological polar surface area (TPSA) is 86.3 Å². The molecule has 3 aliphatic rings. The van der Waals surface area contributed by atoms with Crippen LogP contribution in [0, 0.1) is 5.92 Å². The summed E-state index contributed by atoms with van der Waals surface area (Å²) < 4.78 is 0. The maximum Gasteiger partial charge on any atom is 0.317 e. The third-order valence-electron chi connectivity index (χ3n) is 5.35. The van der Waals surface area contributed by atoms with Crippen LogP contribution in [0.5, 0.6) is 0 Å². The Hall–Kier alpha value is -1.83. The number of nitrogens with one attached hydrogen (secondary N) is 2. The van der Waals surface area contributed by atoms with E-state index in [1.807, 2.05) is 0 Å². The van der Waals surface area contributed by atoms with Gasteiger partial charge in [-0.1, -0.05) is 19.0 Å². The van der Waals surface area contributed by atoms with E-state index in [9.17, 15) is 9.59 Å². The van der Waals surface area contributed by atoms with E-state index in [1.54, 1.807) is 4.90 Å². The van der Waals surface area contributed by atoms with Crippen LogP contribution >= 0.6 is 0 Å². The summed E-state index contributed by atoms with van der Waals surface area (Å²) in [6.45, 7) is 9.79. The number of piperidine rings is 1. The van der Waals surface area contributed by atoms with E-state index < -0.39 is 0 Å². The van der Waals surface area contributed by atoms with Crippen molar-refractivity contribution in [2.45, 2.75) is 45.1 Å². The highest BCUT2D eigenvalue weighted by Crippen LogP contribution is 2.33. The van der Waals surface area contributed by atoms with Gasteiger partial charge < -0.3 is 20.4 Å². The second-order valence-corrected chi connectivity index (χ2v) is 8.03. The summed E-state index contributed by atoms with van der Waals surface area (Å²) in [6, 6.07) is -0.0663. The number of urea groups is 1. The van der Waals surface area contributed by atoms with Crippen LogP contribution in [0.4, 0.5) is 4.79 Å². The van der Waals surface area contributed by atoms with Gasteiger partial charge in [-0.05, 0) is 38.3 Å². The number of carbonyl (C=O) groups is 2. The predicted molar refractivity (Wildman–Crippen MR) is 99.0 cm³/mol. The SMILES string of the molecule is CC(C)CCN1CCC[C@]2(CC(C(=O)NCCN3CCNC3=O)=NO2)C1. The normalized spacial score (nSPS) is 26.2. The van der Waals surface area contributed by atoms with Gasteiger partial charge in [0.05, 0.1) is 0 Å². The Labute approximate surface area is 155 Å². The van der Waals surface area contributed by atoms with Crippen molar-refractivity contribution in [3.05, 3.63) is 0 Å². The second-order valence-electron chi connectivity index (χ2n) is 8.03. The van der Waals surface area contributed by atoms with E-state index in [2.05, 4.69) is 34.5 Å². The summed E-state index contributed by atoms with van der Waals surface area (Å²) in [5.74, 6) is 0.508. The molecule has 2 fully saturated rings. The van der Waals surface area contributed by atoms with Crippen LogP contribution in [-0.4, -0.2) is 78.9 Å². The van der Waals surface area contributed by atoms with Gasteiger partial charge in [0.25, 0.3) is 5.91 Å².